The summed E-state index contributed by atoms with van der Waals surface area (Å²) in [4.78, 5) is 24.5. The summed E-state index contributed by atoms with van der Waals surface area (Å²) in [5.74, 6) is -0.772. The highest BCUT2D eigenvalue weighted by Gasteiger charge is 2.32. The zero-order chi connectivity index (χ0) is 11.7. The first-order chi connectivity index (χ1) is 7.56. The molecule has 1 amide bonds. The lowest BCUT2D eigenvalue weighted by Gasteiger charge is -2.38. The quantitative estimate of drug-likeness (QED) is 0.903. The van der Waals surface area contributed by atoms with Crippen LogP contribution in [0.3, 0.4) is 0 Å². The number of likely N-dealkylation sites (tertiary alicyclic amines) is 1. The maximum absolute atomic E-state index is 11.8. The van der Waals surface area contributed by atoms with Crippen molar-refractivity contribution in [2.45, 2.75) is 6.42 Å². The molecule has 0 atom stereocenters. The van der Waals surface area contributed by atoms with Gasteiger partial charge in [0, 0.05) is 19.0 Å². The maximum Gasteiger partial charge on any atom is 0.303 e. The van der Waals surface area contributed by atoms with E-state index in [1.165, 1.54) is 11.3 Å². The van der Waals surface area contributed by atoms with Crippen LogP contribution in [0, 0.1) is 5.92 Å². The molecule has 0 bridgehead atoms. The number of carbonyl (C=O) groups excluding carboxylic acids is 1. The number of rotatable bonds is 3. The number of amides is 1. The van der Waals surface area contributed by atoms with E-state index in [0.29, 0.717) is 22.3 Å². The summed E-state index contributed by atoms with van der Waals surface area (Å²) in [5, 5.41) is 8.58. The number of carbonyl (C=O) groups is 2. The number of carboxylic acid groups (broad SMARTS) is 1. The Morgan fingerprint density at radius 3 is 2.69 bits per heavy atom. The van der Waals surface area contributed by atoms with Crippen LogP contribution in [0.2, 0.25) is 4.34 Å². The van der Waals surface area contributed by atoms with E-state index in [4.69, 9.17) is 16.7 Å². The lowest BCUT2D eigenvalue weighted by atomic mass is 9.96. The van der Waals surface area contributed by atoms with E-state index in [1.54, 1.807) is 17.0 Å². The fraction of sp³-hybridized carbons (Fsp3) is 0.400. The third-order valence-corrected chi connectivity index (χ3v) is 3.71. The van der Waals surface area contributed by atoms with Gasteiger partial charge in [-0.05, 0) is 12.1 Å². The fourth-order valence-electron chi connectivity index (χ4n) is 1.70. The number of hydrogen-bond acceptors (Lipinski definition) is 3. The molecular formula is C10H10ClNO3S. The van der Waals surface area contributed by atoms with Crippen molar-refractivity contribution >= 4 is 34.8 Å². The third kappa shape index (κ3) is 2.36. The summed E-state index contributed by atoms with van der Waals surface area (Å²) in [6.07, 6.45) is 0.134. The summed E-state index contributed by atoms with van der Waals surface area (Å²) in [6, 6.07) is 3.38. The van der Waals surface area contributed by atoms with Crippen molar-refractivity contribution in [1.29, 1.82) is 0 Å². The van der Waals surface area contributed by atoms with Crippen molar-refractivity contribution in [3.63, 3.8) is 0 Å². The number of nitrogens with zero attached hydrogens (tertiary/aromatic N) is 1. The van der Waals surface area contributed by atoms with Crippen molar-refractivity contribution in [2.75, 3.05) is 13.1 Å². The molecule has 1 aromatic rings. The molecule has 4 nitrogen and oxygen atoms in total. The second kappa shape index (κ2) is 4.43. The molecule has 0 spiro atoms. The van der Waals surface area contributed by atoms with Gasteiger partial charge in [0.05, 0.1) is 15.6 Å². The minimum atomic E-state index is -0.809. The second-order valence-corrected chi connectivity index (χ2v) is 5.49. The van der Waals surface area contributed by atoms with Gasteiger partial charge in [-0.3, -0.25) is 9.59 Å². The van der Waals surface area contributed by atoms with Crippen LogP contribution in [0.5, 0.6) is 0 Å². The average molecular weight is 260 g/mol. The highest BCUT2D eigenvalue weighted by molar-refractivity contribution is 7.17. The lowest BCUT2D eigenvalue weighted by Crippen LogP contribution is -2.50. The molecule has 1 aliphatic rings. The molecule has 86 valence electrons. The standard InChI is InChI=1S/C10H10ClNO3S/c11-8-2-1-7(16-8)10(15)12-4-6(5-12)3-9(13)14/h1-2,6H,3-5H2,(H,13,14). The van der Waals surface area contributed by atoms with Gasteiger partial charge in [0.2, 0.25) is 0 Å². The fourth-order valence-corrected chi connectivity index (χ4v) is 2.71. The topological polar surface area (TPSA) is 57.6 Å². The van der Waals surface area contributed by atoms with E-state index in [2.05, 4.69) is 0 Å². The number of hydrogen-bond donors (Lipinski definition) is 1. The molecule has 0 saturated carbocycles. The molecule has 0 unspecified atom stereocenters. The maximum atomic E-state index is 11.8. The minimum absolute atomic E-state index is 0.0569. The molecule has 1 aromatic heterocycles. The van der Waals surface area contributed by atoms with Gasteiger partial charge in [-0.1, -0.05) is 11.6 Å². The van der Waals surface area contributed by atoms with E-state index in [0.717, 1.165) is 0 Å². The Morgan fingerprint density at radius 1 is 1.50 bits per heavy atom. The van der Waals surface area contributed by atoms with Crippen LogP contribution in [0.15, 0.2) is 12.1 Å². The molecular weight excluding hydrogens is 250 g/mol. The van der Waals surface area contributed by atoms with Gasteiger partial charge in [0.15, 0.2) is 0 Å². The Morgan fingerprint density at radius 2 is 2.19 bits per heavy atom. The summed E-state index contributed by atoms with van der Waals surface area (Å²) in [5.41, 5.74) is 0. The SMILES string of the molecule is O=C(O)CC1CN(C(=O)c2ccc(Cl)s2)C1. The Hall–Kier alpha value is -1.07. The molecule has 6 heteroatoms. The van der Waals surface area contributed by atoms with Crippen LogP contribution in [0.1, 0.15) is 16.1 Å². The van der Waals surface area contributed by atoms with Crippen molar-refractivity contribution in [3.05, 3.63) is 21.3 Å². The van der Waals surface area contributed by atoms with Crippen LogP contribution in [-0.4, -0.2) is 35.0 Å². The summed E-state index contributed by atoms with van der Waals surface area (Å²) < 4.78 is 0.589. The Balaban J connectivity index is 1.88. The van der Waals surface area contributed by atoms with Crippen molar-refractivity contribution in [1.82, 2.24) is 4.90 Å². The van der Waals surface area contributed by atoms with Gasteiger partial charge in [-0.25, -0.2) is 0 Å². The van der Waals surface area contributed by atoms with Gasteiger partial charge < -0.3 is 10.0 Å². The predicted octanol–water partition coefficient (Wildman–Crippen LogP) is 1.95. The van der Waals surface area contributed by atoms with E-state index in [9.17, 15) is 9.59 Å². The molecule has 16 heavy (non-hydrogen) atoms. The second-order valence-electron chi connectivity index (χ2n) is 3.78. The van der Waals surface area contributed by atoms with E-state index < -0.39 is 5.97 Å². The average Bonchev–Trinajstić information content (AvgIpc) is 2.56. The van der Waals surface area contributed by atoms with Crippen molar-refractivity contribution in [2.24, 2.45) is 5.92 Å². The predicted molar refractivity (Wildman–Crippen MR) is 61.0 cm³/mol. The van der Waals surface area contributed by atoms with Gasteiger partial charge in [-0.2, -0.15) is 0 Å². The van der Waals surface area contributed by atoms with E-state index >= 15 is 0 Å². The normalized spacial score (nSPS) is 15.9. The van der Waals surface area contributed by atoms with E-state index in [-0.39, 0.29) is 18.2 Å². The molecule has 1 N–H and O–H groups in total. The van der Waals surface area contributed by atoms with Crippen LogP contribution in [0.25, 0.3) is 0 Å². The summed E-state index contributed by atoms with van der Waals surface area (Å²) in [6.45, 7) is 1.06. The molecule has 0 radical (unpaired) electrons. The summed E-state index contributed by atoms with van der Waals surface area (Å²) >= 11 is 6.98. The molecule has 1 saturated heterocycles. The highest BCUT2D eigenvalue weighted by Crippen LogP contribution is 2.26. The largest absolute Gasteiger partial charge is 0.481 e. The van der Waals surface area contributed by atoms with Crippen LogP contribution in [0.4, 0.5) is 0 Å². The lowest BCUT2D eigenvalue weighted by molar-refractivity contribution is -0.139. The zero-order valence-electron chi connectivity index (χ0n) is 8.35. The molecule has 0 aliphatic carbocycles. The number of thiophene rings is 1. The Kier molecular flexibility index (Phi) is 3.16. The van der Waals surface area contributed by atoms with Crippen LogP contribution >= 0.6 is 22.9 Å². The first kappa shape index (κ1) is 11.4. The summed E-state index contributed by atoms with van der Waals surface area (Å²) in [7, 11) is 0. The van der Waals surface area contributed by atoms with Gasteiger partial charge in [0.1, 0.15) is 0 Å². The van der Waals surface area contributed by atoms with Gasteiger partial charge in [0.25, 0.3) is 5.91 Å². The minimum Gasteiger partial charge on any atom is -0.481 e. The smallest absolute Gasteiger partial charge is 0.303 e. The van der Waals surface area contributed by atoms with Gasteiger partial charge in [-0.15, -0.1) is 11.3 Å². The molecule has 1 aliphatic heterocycles. The van der Waals surface area contributed by atoms with Crippen LogP contribution < -0.4 is 0 Å². The van der Waals surface area contributed by atoms with E-state index in [1.807, 2.05) is 0 Å². The molecule has 0 aromatic carbocycles. The number of carboxylic acids is 1. The number of halogens is 1. The molecule has 2 heterocycles. The van der Waals surface area contributed by atoms with Crippen molar-refractivity contribution in [3.8, 4) is 0 Å². The highest BCUT2D eigenvalue weighted by atomic mass is 35.5. The zero-order valence-corrected chi connectivity index (χ0v) is 9.92. The molecule has 2 rings (SSSR count). The molecule has 1 fully saturated rings. The third-order valence-electron chi connectivity index (χ3n) is 2.49. The van der Waals surface area contributed by atoms with Gasteiger partial charge >= 0.3 is 5.97 Å². The van der Waals surface area contributed by atoms with Crippen LogP contribution in [-0.2, 0) is 4.79 Å². The first-order valence-electron chi connectivity index (χ1n) is 4.82. The first-order valence-corrected chi connectivity index (χ1v) is 6.02. The number of aliphatic carboxylic acids is 1. The Labute approximate surface area is 101 Å². The Bertz CT molecular complexity index is 425. The van der Waals surface area contributed by atoms with Crippen molar-refractivity contribution < 1.29 is 14.7 Å². The monoisotopic (exact) mass is 259 g/mol.